The number of aldehydes is 2. The van der Waals surface area contributed by atoms with Gasteiger partial charge in [-0.2, -0.15) is 25.3 Å². The van der Waals surface area contributed by atoms with Crippen LogP contribution in [0.3, 0.4) is 0 Å². The fourth-order valence-corrected chi connectivity index (χ4v) is 2.67. The highest BCUT2D eigenvalue weighted by Gasteiger charge is 2.41. The monoisotopic (exact) mass is 459 g/mol. The van der Waals surface area contributed by atoms with Crippen LogP contribution < -0.4 is 16.0 Å². The van der Waals surface area contributed by atoms with Crippen molar-refractivity contribution in [2.24, 2.45) is 0 Å². The van der Waals surface area contributed by atoms with Crippen molar-refractivity contribution in [3.8, 4) is 0 Å². The summed E-state index contributed by atoms with van der Waals surface area (Å²) in [4.78, 5) is 40.4. The normalized spacial score (nSPS) is 17.9. The van der Waals surface area contributed by atoms with Gasteiger partial charge >= 0.3 is 11.9 Å². The Balaban J connectivity index is 4.05. The predicted octanol–water partition coefficient (Wildman–Crippen LogP) is -1.05. The maximum Gasteiger partial charge on any atom is 0.335 e. The number of hydrogen-bond donors (Lipinski definition) is 9. The maximum atomic E-state index is 11.2. The van der Waals surface area contributed by atoms with Gasteiger partial charge in [-0.25, -0.2) is 9.59 Å². The Morgan fingerprint density at radius 2 is 1.15 bits per heavy atom. The first-order chi connectivity index (χ1) is 12.6. The summed E-state index contributed by atoms with van der Waals surface area (Å²) in [5.74, 6) is -2.58. The number of aliphatic carboxylic acids is 2. The number of thiol groups is 4. The average Bonchev–Trinajstić information content (AvgIpc) is 2.64. The summed E-state index contributed by atoms with van der Waals surface area (Å²) in [6.07, 6.45) is 1.94. The van der Waals surface area contributed by atoms with Crippen molar-refractivity contribution in [2.75, 3.05) is 26.2 Å². The van der Waals surface area contributed by atoms with E-state index in [4.69, 9.17) is 10.2 Å². The SMILES string of the molecule is O=CC(S)C(S)(NCCCNCCCNC(S)(C(=O)O)C(S)C=O)C(=O)O. The van der Waals surface area contributed by atoms with E-state index in [0.29, 0.717) is 51.6 Å². The second-order valence-corrected chi connectivity index (χ2v) is 8.14. The number of carboxylic acids is 2. The molecule has 4 atom stereocenters. The van der Waals surface area contributed by atoms with Crippen LogP contribution in [0.1, 0.15) is 12.8 Å². The zero-order valence-electron chi connectivity index (χ0n) is 14.4. The van der Waals surface area contributed by atoms with Crippen molar-refractivity contribution >= 4 is 75.0 Å². The zero-order chi connectivity index (χ0) is 21.1. The summed E-state index contributed by atoms with van der Waals surface area (Å²) in [6, 6.07) is 0. The van der Waals surface area contributed by atoms with E-state index in [1.54, 1.807) is 0 Å². The predicted molar refractivity (Wildman–Crippen MR) is 114 cm³/mol. The van der Waals surface area contributed by atoms with Crippen LogP contribution in [0, 0.1) is 0 Å². The smallest absolute Gasteiger partial charge is 0.335 e. The molecule has 0 saturated carbocycles. The Morgan fingerprint density at radius 3 is 1.41 bits per heavy atom. The molecule has 156 valence electrons. The summed E-state index contributed by atoms with van der Waals surface area (Å²) in [5.41, 5.74) is 0. The minimum atomic E-state index is -1.75. The molecule has 0 amide bonds. The first kappa shape index (κ1) is 26.6. The largest absolute Gasteiger partial charge is 0.479 e. The van der Waals surface area contributed by atoms with Crippen LogP contribution in [-0.2, 0) is 19.2 Å². The molecule has 0 radical (unpaired) electrons. The number of nitrogens with one attached hydrogen (secondary N) is 3. The van der Waals surface area contributed by atoms with Crippen molar-refractivity contribution in [3.63, 3.8) is 0 Å². The van der Waals surface area contributed by atoms with Crippen molar-refractivity contribution in [2.45, 2.75) is 33.1 Å². The fourth-order valence-electron chi connectivity index (χ4n) is 1.92. The number of rotatable bonds is 16. The van der Waals surface area contributed by atoms with E-state index in [1.807, 2.05) is 0 Å². The molecule has 5 N–H and O–H groups in total. The lowest BCUT2D eigenvalue weighted by Gasteiger charge is -2.28. The third kappa shape index (κ3) is 8.21. The summed E-state index contributed by atoms with van der Waals surface area (Å²) in [5, 5.41) is 24.6. The molecular formula is C14H25N3O6S4. The minimum absolute atomic E-state index is 0.297. The van der Waals surface area contributed by atoms with Crippen LogP contribution in [0.4, 0.5) is 0 Å². The summed E-state index contributed by atoms with van der Waals surface area (Å²) < 4.78 is 0. The second-order valence-electron chi connectivity index (χ2n) is 5.62. The molecular weight excluding hydrogens is 434 g/mol. The van der Waals surface area contributed by atoms with Gasteiger partial charge in [0.2, 0.25) is 0 Å². The molecule has 0 aliphatic rings. The van der Waals surface area contributed by atoms with E-state index < -0.39 is 32.2 Å². The molecule has 4 unspecified atom stereocenters. The van der Waals surface area contributed by atoms with Gasteiger partial charge in [0.05, 0.1) is 10.5 Å². The van der Waals surface area contributed by atoms with Gasteiger partial charge < -0.3 is 25.1 Å². The number of carbonyl (C=O) groups excluding carboxylic acids is 2. The first-order valence-electron chi connectivity index (χ1n) is 7.95. The van der Waals surface area contributed by atoms with Crippen molar-refractivity contribution in [3.05, 3.63) is 0 Å². The molecule has 0 bridgehead atoms. The average molecular weight is 460 g/mol. The summed E-state index contributed by atoms with van der Waals surface area (Å²) >= 11 is 15.8. The highest BCUT2D eigenvalue weighted by Crippen LogP contribution is 2.20. The van der Waals surface area contributed by atoms with Crippen LogP contribution in [0.2, 0.25) is 0 Å². The van der Waals surface area contributed by atoms with Crippen LogP contribution in [0.5, 0.6) is 0 Å². The molecule has 9 nitrogen and oxygen atoms in total. The molecule has 0 rings (SSSR count). The van der Waals surface area contributed by atoms with Gasteiger partial charge in [-0.05, 0) is 39.0 Å². The Morgan fingerprint density at radius 1 is 0.815 bits per heavy atom. The Hall–Kier alpha value is -0.440. The van der Waals surface area contributed by atoms with Crippen LogP contribution in [0.25, 0.3) is 0 Å². The van der Waals surface area contributed by atoms with Crippen LogP contribution in [-0.4, -0.2) is 81.1 Å². The molecule has 0 aliphatic heterocycles. The molecule has 0 aliphatic carbocycles. The lowest BCUT2D eigenvalue weighted by atomic mass is 10.2. The third-order valence-corrected chi connectivity index (χ3v) is 6.30. The van der Waals surface area contributed by atoms with Crippen molar-refractivity contribution in [1.29, 1.82) is 0 Å². The van der Waals surface area contributed by atoms with E-state index in [2.05, 4.69) is 66.5 Å². The topological polar surface area (TPSA) is 145 Å². The Labute approximate surface area is 179 Å². The quantitative estimate of drug-likeness (QED) is 0.0611. The highest BCUT2D eigenvalue weighted by atomic mass is 32.1. The zero-order valence-corrected chi connectivity index (χ0v) is 17.9. The van der Waals surface area contributed by atoms with E-state index >= 15 is 0 Å². The maximum absolute atomic E-state index is 11.2. The van der Waals surface area contributed by atoms with Gasteiger partial charge in [-0.1, -0.05) is 0 Å². The van der Waals surface area contributed by atoms with Crippen LogP contribution >= 0.6 is 50.5 Å². The van der Waals surface area contributed by atoms with E-state index in [-0.39, 0.29) is 0 Å². The van der Waals surface area contributed by atoms with Gasteiger partial charge in [0.25, 0.3) is 0 Å². The number of carboxylic acid groups (broad SMARTS) is 2. The van der Waals surface area contributed by atoms with Gasteiger partial charge in [0.1, 0.15) is 12.6 Å². The van der Waals surface area contributed by atoms with E-state index in [9.17, 15) is 19.2 Å². The fraction of sp³-hybridized carbons (Fsp3) is 0.714. The van der Waals surface area contributed by atoms with Gasteiger partial charge in [0.15, 0.2) is 9.74 Å². The summed E-state index contributed by atoms with van der Waals surface area (Å²) in [7, 11) is 0. The van der Waals surface area contributed by atoms with E-state index in [1.165, 1.54) is 0 Å². The second kappa shape index (κ2) is 12.9. The lowest BCUT2D eigenvalue weighted by molar-refractivity contribution is -0.142. The van der Waals surface area contributed by atoms with Crippen molar-refractivity contribution < 1.29 is 29.4 Å². The Bertz CT molecular complexity index is 485. The summed E-state index contributed by atoms with van der Waals surface area (Å²) in [6.45, 7) is 1.71. The van der Waals surface area contributed by atoms with Gasteiger partial charge in [-0.3, -0.25) is 10.6 Å². The molecule has 0 aromatic rings. The molecule has 13 heteroatoms. The van der Waals surface area contributed by atoms with Crippen LogP contribution in [0.15, 0.2) is 0 Å². The highest BCUT2D eigenvalue weighted by molar-refractivity contribution is 7.87. The number of hydrogen-bond acceptors (Lipinski definition) is 11. The molecule has 27 heavy (non-hydrogen) atoms. The van der Waals surface area contributed by atoms with Crippen molar-refractivity contribution in [1.82, 2.24) is 16.0 Å². The minimum Gasteiger partial charge on any atom is -0.479 e. The van der Waals surface area contributed by atoms with Gasteiger partial charge in [0, 0.05) is 0 Å². The molecule has 0 spiro atoms. The molecule has 0 heterocycles. The Kier molecular flexibility index (Phi) is 12.7. The number of carbonyl (C=O) groups is 4. The third-order valence-electron chi connectivity index (χ3n) is 3.62. The molecule has 0 fully saturated rings. The molecule has 0 saturated heterocycles. The molecule has 0 aromatic heterocycles. The standard InChI is InChI=1S/C14H25N3O6S4/c18-7-9(24)13(26,11(20)21)16-5-1-3-15-4-2-6-17-14(27,12(22)23)10(25)8-19/h7-10,15-17,24-27H,1-6H2,(H,20,21)(H,22,23). The van der Waals surface area contributed by atoms with E-state index in [0.717, 1.165) is 0 Å². The lowest BCUT2D eigenvalue weighted by Crippen LogP contribution is -2.55. The molecule has 0 aromatic carbocycles. The first-order valence-corrected chi connectivity index (χ1v) is 9.88. The van der Waals surface area contributed by atoms with Gasteiger partial charge in [-0.15, -0.1) is 25.3 Å².